The predicted molar refractivity (Wildman–Crippen MR) is 98.9 cm³/mol. The Bertz CT molecular complexity index is 794. The van der Waals surface area contributed by atoms with Crippen LogP contribution in [0.5, 0.6) is 0 Å². The maximum Gasteiger partial charge on any atom is 0.243 e. The van der Waals surface area contributed by atoms with Gasteiger partial charge in [0.05, 0.1) is 12.3 Å². The summed E-state index contributed by atoms with van der Waals surface area (Å²) in [6, 6.07) is 15.8. The van der Waals surface area contributed by atoms with Gasteiger partial charge in [0.1, 0.15) is 0 Å². The molecule has 1 amide bonds. The number of hydrogen-bond acceptors (Lipinski definition) is 2. The molecule has 0 aromatic heterocycles. The number of allylic oxidation sites excluding steroid dienone is 1. The van der Waals surface area contributed by atoms with Gasteiger partial charge in [0, 0.05) is 17.9 Å². The standard InChI is InChI=1S/C20H19ClN2O/c1-15-6-8-16(9-7-15)10-11-18-12-13-20(24)23(22-18)14-17-4-2-3-5-19(17)21/h2-11H,12-14H2,1H3/b11-10+. The molecule has 24 heavy (non-hydrogen) atoms. The minimum absolute atomic E-state index is 0.0300. The molecule has 1 aliphatic rings. The van der Waals surface area contributed by atoms with Crippen LogP contribution in [0.4, 0.5) is 0 Å². The monoisotopic (exact) mass is 338 g/mol. The van der Waals surface area contributed by atoms with E-state index >= 15 is 0 Å². The van der Waals surface area contributed by atoms with Gasteiger partial charge in [0.2, 0.25) is 5.91 Å². The fourth-order valence-electron chi connectivity index (χ4n) is 2.52. The summed E-state index contributed by atoms with van der Waals surface area (Å²) < 4.78 is 0. The molecule has 1 aliphatic heterocycles. The lowest BCUT2D eigenvalue weighted by molar-refractivity contribution is -0.132. The molecular weight excluding hydrogens is 320 g/mol. The first kappa shape index (κ1) is 16.5. The molecular formula is C20H19ClN2O. The van der Waals surface area contributed by atoms with Crippen molar-refractivity contribution in [1.29, 1.82) is 0 Å². The highest BCUT2D eigenvalue weighted by Crippen LogP contribution is 2.20. The summed E-state index contributed by atoms with van der Waals surface area (Å²) in [5.41, 5.74) is 4.17. The van der Waals surface area contributed by atoms with Crippen molar-refractivity contribution in [3.8, 4) is 0 Å². The fraction of sp³-hybridized carbons (Fsp3) is 0.200. The number of hydrazone groups is 1. The minimum atomic E-state index is 0.0300. The summed E-state index contributed by atoms with van der Waals surface area (Å²) in [6.45, 7) is 2.47. The lowest BCUT2D eigenvalue weighted by atomic mass is 10.1. The van der Waals surface area contributed by atoms with Gasteiger partial charge in [-0.25, -0.2) is 5.01 Å². The van der Waals surface area contributed by atoms with Gasteiger partial charge in [-0.3, -0.25) is 4.79 Å². The number of rotatable bonds is 4. The molecule has 3 nitrogen and oxygen atoms in total. The molecule has 0 radical (unpaired) electrons. The summed E-state index contributed by atoms with van der Waals surface area (Å²) in [4.78, 5) is 12.1. The van der Waals surface area contributed by atoms with Crippen molar-refractivity contribution >= 4 is 29.3 Å². The quantitative estimate of drug-likeness (QED) is 0.785. The van der Waals surface area contributed by atoms with Crippen molar-refractivity contribution in [2.24, 2.45) is 5.10 Å². The fourth-order valence-corrected chi connectivity index (χ4v) is 2.72. The van der Waals surface area contributed by atoms with Crippen LogP contribution in [-0.4, -0.2) is 16.6 Å². The Kier molecular flexibility index (Phi) is 5.11. The molecule has 0 aliphatic carbocycles. The zero-order valence-corrected chi connectivity index (χ0v) is 14.3. The molecule has 0 N–H and O–H groups in total. The van der Waals surface area contributed by atoms with Crippen molar-refractivity contribution in [2.45, 2.75) is 26.3 Å². The number of benzene rings is 2. The number of hydrogen-bond donors (Lipinski definition) is 0. The van der Waals surface area contributed by atoms with E-state index in [2.05, 4.69) is 36.3 Å². The van der Waals surface area contributed by atoms with Gasteiger partial charge < -0.3 is 0 Å². The molecule has 0 fully saturated rings. The second-order valence-corrected chi connectivity index (χ2v) is 6.29. The van der Waals surface area contributed by atoms with Gasteiger partial charge in [-0.1, -0.05) is 65.7 Å². The Morgan fingerprint density at radius 1 is 1.08 bits per heavy atom. The summed E-state index contributed by atoms with van der Waals surface area (Å²) in [7, 11) is 0. The number of halogens is 1. The number of aryl methyl sites for hydroxylation is 1. The smallest absolute Gasteiger partial charge is 0.243 e. The van der Waals surface area contributed by atoms with E-state index in [4.69, 9.17) is 11.6 Å². The molecule has 122 valence electrons. The number of carbonyl (C=O) groups excluding carboxylic acids is 1. The Hall–Kier alpha value is -2.39. The SMILES string of the molecule is Cc1ccc(/C=C/C2=NN(Cc3ccccc3Cl)C(=O)CC2)cc1. The van der Waals surface area contributed by atoms with Gasteiger partial charge in [0.15, 0.2) is 0 Å². The van der Waals surface area contributed by atoms with Gasteiger partial charge in [-0.15, -0.1) is 0 Å². The van der Waals surface area contributed by atoms with E-state index in [-0.39, 0.29) is 5.91 Å². The highest BCUT2D eigenvalue weighted by Gasteiger charge is 2.20. The lowest BCUT2D eigenvalue weighted by Gasteiger charge is -2.23. The molecule has 0 saturated carbocycles. The molecule has 3 rings (SSSR count). The summed E-state index contributed by atoms with van der Waals surface area (Å²) >= 11 is 6.18. The third kappa shape index (κ3) is 4.12. The zero-order valence-electron chi connectivity index (χ0n) is 13.6. The van der Waals surface area contributed by atoms with Crippen LogP contribution in [0.15, 0.2) is 59.7 Å². The molecule has 2 aromatic carbocycles. The second kappa shape index (κ2) is 7.45. The van der Waals surface area contributed by atoms with Crippen molar-refractivity contribution in [3.05, 3.63) is 76.3 Å². The van der Waals surface area contributed by atoms with E-state index in [1.807, 2.05) is 36.4 Å². The molecule has 1 heterocycles. The summed E-state index contributed by atoms with van der Waals surface area (Å²) in [5.74, 6) is 0.0300. The number of carbonyl (C=O) groups is 1. The van der Waals surface area contributed by atoms with Crippen LogP contribution in [0.1, 0.15) is 29.5 Å². The van der Waals surface area contributed by atoms with Crippen LogP contribution >= 0.6 is 11.6 Å². The first-order valence-corrected chi connectivity index (χ1v) is 8.35. The van der Waals surface area contributed by atoms with Crippen molar-refractivity contribution in [1.82, 2.24) is 5.01 Å². The predicted octanol–water partition coefficient (Wildman–Crippen LogP) is 4.84. The van der Waals surface area contributed by atoms with Gasteiger partial charge >= 0.3 is 0 Å². The third-order valence-corrected chi connectivity index (χ3v) is 4.32. The Morgan fingerprint density at radius 2 is 1.83 bits per heavy atom. The van der Waals surface area contributed by atoms with Crippen LogP contribution in [0, 0.1) is 6.92 Å². The Balaban J connectivity index is 1.75. The Labute approximate surface area is 147 Å². The van der Waals surface area contributed by atoms with E-state index in [1.165, 1.54) is 10.6 Å². The van der Waals surface area contributed by atoms with E-state index in [9.17, 15) is 4.79 Å². The van der Waals surface area contributed by atoms with E-state index in [0.29, 0.717) is 24.4 Å². The van der Waals surface area contributed by atoms with Gasteiger partial charge in [0.25, 0.3) is 0 Å². The molecule has 0 spiro atoms. The maximum absolute atomic E-state index is 12.1. The van der Waals surface area contributed by atoms with Crippen LogP contribution in [-0.2, 0) is 11.3 Å². The van der Waals surface area contributed by atoms with E-state index in [1.54, 1.807) is 0 Å². The molecule has 0 bridgehead atoms. The first-order chi connectivity index (χ1) is 11.6. The highest BCUT2D eigenvalue weighted by atomic mass is 35.5. The lowest BCUT2D eigenvalue weighted by Crippen LogP contribution is -2.30. The summed E-state index contributed by atoms with van der Waals surface area (Å²) in [5, 5.41) is 6.66. The molecule has 4 heteroatoms. The topological polar surface area (TPSA) is 32.7 Å². The Morgan fingerprint density at radius 3 is 2.58 bits per heavy atom. The molecule has 0 atom stereocenters. The van der Waals surface area contributed by atoms with Gasteiger partial charge in [-0.2, -0.15) is 5.10 Å². The zero-order chi connectivity index (χ0) is 16.9. The number of nitrogens with zero attached hydrogens (tertiary/aromatic N) is 2. The first-order valence-electron chi connectivity index (χ1n) is 7.98. The average molecular weight is 339 g/mol. The largest absolute Gasteiger partial charge is 0.273 e. The van der Waals surface area contributed by atoms with Crippen LogP contribution in [0.25, 0.3) is 6.08 Å². The van der Waals surface area contributed by atoms with Crippen LogP contribution in [0.2, 0.25) is 5.02 Å². The van der Waals surface area contributed by atoms with Crippen molar-refractivity contribution in [3.63, 3.8) is 0 Å². The third-order valence-electron chi connectivity index (χ3n) is 3.96. The maximum atomic E-state index is 12.1. The van der Waals surface area contributed by atoms with Gasteiger partial charge in [-0.05, 0) is 30.2 Å². The number of amides is 1. The highest BCUT2D eigenvalue weighted by molar-refractivity contribution is 6.31. The molecule has 0 unspecified atom stereocenters. The van der Waals surface area contributed by atoms with E-state index < -0.39 is 0 Å². The average Bonchev–Trinajstić information content (AvgIpc) is 2.59. The summed E-state index contributed by atoms with van der Waals surface area (Å²) in [6.07, 6.45) is 5.15. The normalized spacial score (nSPS) is 15.0. The minimum Gasteiger partial charge on any atom is -0.273 e. The van der Waals surface area contributed by atoms with E-state index in [0.717, 1.165) is 16.8 Å². The molecule has 2 aromatic rings. The molecule has 0 saturated heterocycles. The van der Waals surface area contributed by atoms with Crippen LogP contribution < -0.4 is 0 Å². The van der Waals surface area contributed by atoms with Crippen molar-refractivity contribution < 1.29 is 4.79 Å². The van der Waals surface area contributed by atoms with Crippen molar-refractivity contribution in [2.75, 3.05) is 0 Å². The van der Waals surface area contributed by atoms with Crippen LogP contribution in [0.3, 0.4) is 0 Å². The second-order valence-electron chi connectivity index (χ2n) is 5.88.